The van der Waals surface area contributed by atoms with Crippen molar-refractivity contribution in [1.82, 2.24) is 4.90 Å². The number of hydrogen-bond acceptors (Lipinski definition) is 3. The van der Waals surface area contributed by atoms with Crippen molar-refractivity contribution < 1.29 is 9.53 Å². The van der Waals surface area contributed by atoms with Gasteiger partial charge in [0.2, 0.25) is 5.91 Å². The first kappa shape index (κ1) is 13.4. The van der Waals surface area contributed by atoms with Gasteiger partial charge in [0.1, 0.15) is 5.75 Å². The van der Waals surface area contributed by atoms with Crippen LogP contribution >= 0.6 is 0 Å². The Morgan fingerprint density at radius 2 is 1.90 bits per heavy atom. The lowest BCUT2D eigenvalue weighted by molar-refractivity contribution is -0.127. The molecule has 1 aliphatic heterocycles. The van der Waals surface area contributed by atoms with E-state index in [9.17, 15) is 4.79 Å². The molecule has 1 aromatic rings. The minimum absolute atomic E-state index is 0.0696. The molecule has 0 radical (unpaired) electrons. The topological polar surface area (TPSA) is 41.6 Å². The van der Waals surface area contributed by atoms with E-state index in [0.29, 0.717) is 6.04 Å². The molecule has 1 unspecified atom stereocenters. The Morgan fingerprint density at radius 3 is 2.45 bits per heavy atom. The van der Waals surface area contributed by atoms with E-state index in [4.69, 9.17) is 4.74 Å². The number of hydrogen-bond donors (Lipinski definition) is 1. The summed E-state index contributed by atoms with van der Waals surface area (Å²) in [6.45, 7) is 1.07. The molecule has 0 aromatic heterocycles. The molecule has 1 amide bonds. The lowest BCUT2D eigenvalue weighted by atomic mass is 9.98. The van der Waals surface area contributed by atoms with Crippen LogP contribution in [-0.2, 0) is 4.79 Å². The molecule has 1 aromatic carbocycles. The van der Waals surface area contributed by atoms with Crippen LogP contribution in [0.2, 0.25) is 0 Å². The molecule has 0 bridgehead atoms. The van der Waals surface area contributed by atoms with Crippen molar-refractivity contribution >= 4 is 11.6 Å². The summed E-state index contributed by atoms with van der Waals surface area (Å²) in [4.78, 5) is 14.7. The van der Waals surface area contributed by atoms with Crippen molar-refractivity contribution in [2.75, 3.05) is 19.0 Å². The molecular formula is C16H22N2O2. The van der Waals surface area contributed by atoms with Crippen molar-refractivity contribution in [3.63, 3.8) is 0 Å². The van der Waals surface area contributed by atoms with E-state index in [1.807, 2.05) is 24.3 Å². The number of amides is 1. The predicted octanol–water partition coefficient (Wildman–Crippen LogP) is 2.65. The van der Waals surface area contributed by atoms with Gasteiger partial charge in [0.15, 0.2) is 0 Å². The summed E-state index contributed by atoms with van der Waals surface area (Å²) in [5.74, 6) is 0.938. The number of likely N-dealkylation sites (tertiary alicyclic amines) is 1. The van der Waals surface area contributed by atoms with Crippen LogP contribution in [0.25, 0.3) is 0 Å². The largest absolute Gasteiger partial charge is 0.497 e. The molecule has 1 aliphatic carbocycles. The molecule has 1 atom stereocenters. The van der Waals surface area contributed by atoms with Crippen LogP contribution in [0, 0.1) is 0 Å². The highest BCUT2D eigenvalue weighted by Gasteiger charge is 2.39. The maximum atomic E-state index is 12.3. The van der Waals surface area contributed by atoms with E-state index in [-0.39, 0.29) is 11.9 Å². The number of carbonyl (C=O) groups excluding carboxylic acids is 1. The molecule has 1 heterocycles. The van der Waals surface area contributed by atoms with Gasteiger partial charge >= 0.3 is 0 Å². The molecule has 0 spiro atoms. The SMILES string of the molecule is COc1ccc(NC(=O)C2CCN2C2CCCC2)cc1. The van der Waals surface area contributed by atoms with Crippen LogP contribution < -0.4 is 10.1 Å². The Kier molecular flexibility index (Phi) is 3.92. The first-order valence-corrected chi connectivity index (χ1v) is 7.48. The van der Waals surface area contributed by atoms with E-state index in [0.717, 1.165) is 24.4 Å². The van der Waals surface area contributed by atoms with Crippen molar-refractivity contribution in [3.8, 4) is 5.75 Å². The minimum Gasteiger partial charge on any atom is -0.497 e. The summed E-state index contributed by atoms with van der Waals surface area (Å²) in [7, 11) is 1.64. The molecule has 20 heavy (non-hydrogen) atoms. The van der Waals surface area contributed by atoms with Gasteiger partial charge in [0.25, 0.3) is 0 Å². The number of benzene rings is 1. The molecule has 4 heteroatoms. The Hall–Kier alpha value is -1.55. The Morgan fingerprint density at radius 1 is 1.20 bits per heavy atom. The second kappa shape index (κ2) is 5.83. The Bertz CT molecular complexity index is 466. The van der Waals surface area contributed by atoms with Crippen molar-refractivity contribution in [2.24, 2.45) is 0 Å². The van der Waals surface area contributed by atoms with Crippen LogP contribution in [0.15, 0.2) is 24.3 Å². The average molecular weight is 274 g/mol. The number of rotatable bonds is 4. The van der Waals surface area contributed by atoms with Crippen LogP contribution in [0.3, 0.4) is 0 Å². The van der Waals surface area contributed by atoms with Crippen LogP contribution in [0.1, 0.15) is 32.1 Å². The van der Waals surface area contributed by atoms with Gasteiger partial charge in [-0.25, -0.2) is 0 Å². The summed E-state index contributed by atoms with van der Waals surface area (Å²) >= 11 is 0. The molecular weight excluding hydrogens is 252 g/mol. The van der Waals surface area contributed by atoms with E-state index in [1.165, 1.54) is 25.7 Å². The molecule has 1 N–H and O–H groups in total. The molecule has 2 aliphatic rings. The van der Waals surface area contributed by atoms with E-state index < -0.39 is 0 Å². The minimum atomic E-state index is 0.0696. The van der Waals surface area contributed by atoms with Crippen molar-refractivity contribution in [3.05, 3.63) is 24.3 Å². The maximum absolute atomic E-state index is 12.3. The second-order valence-corrected chi connectivity index (χ2v) is 5.70. The number of nitrogens with one attached hydrogen (secondary N) is 1. The lowest BCUT2D eigenvalue weighted by Gasteiger charge is -2.43. The van der Waals surface area contributed by atoms with E-state index >= 15 is 0 Å². The highest BCUT2D eigenvalue weighted by atomic mass is 16.5. The van der Waals surface area contributed by atoms with Gasteiger partial charge < -0.3 is 10.1 Å². The smallest absolute Gasteiger partial charge is 0.241 e. The van der Waals surface area contributed by atoms with E-state index in [1.54, 1.807) is 7.11 Å². The molecule has 1 saturated carbocycles. The fourth-order valence-corrected chi connectivity index (χ4v) is 3.26. The first-order chi connectivity index (χ1) is 9.78. The van der Waals surface area contributed by atoms with Crippen LogP contribution in [0.4, 0.5) is 5.69 Å². The molecule has 3 rings (SSSR count). The summed E-state index contributed by atoms with van der Waals surface area (Å²) in [5.41, 5.74) is 0.842. The molecule has 1 saturated heterocycles. The van der Waals surface area contributed by atoms with Crippen LogP contribution in [0.5, 0.6) is 5.75 Å². The normalized spacial score (nSPS) is 23.4. The van der Waals surface area contributed by atoms with Gasteiger partial charge in [0, 0.05) is 18.3 Å². The highest BCUT2D eigenvalue weighted by Crippen LogP contribution is 2.31. The Balaban J connectivity index is 1.58. The van der Waals surface area contributed by atoms with Crippen molar-refractivity contribution in [1.29, 1.82) is 0 Å². The van der Waals surface area contributed by atoms with Gasteiger partial charge in [-0.2, -0.15) is 0 Å². The summed E-state index contributed by atoms with van der Waals surface area (Å²) < 4.78 is 5.12. The third-order valence-corrected chi connectivity index (χ3v) is 4.51. The van der Waals surface area contributed by atoms with Crippen molar-refractivity contribution in [2.45, 2.75) is 44.2 Å². The van der Waals surface area contributed by atoms with Gasteiger partial charge in [-0.15, -0.1) is 0 Å². The summed E-state index contributed by atoms with van der Waals surface area (Å²) in [5, 5.41) is 3.01. The number of nitrogens with zero attached hydrogens (tertiary/aromatic N) is 1. The van der Waals surface area contributed by atoms with Gasteiger partial charge in [-0.1, -0.05) is 12.8 Å². The Labute approximate surface area is 120 Å². The first-order valence-electron chi connectivity index (χ1n) is 7.48. The number of methoxy groups -OCH3 is 1. The third-order valence-electron chi connectivity index (χ3n) is 4.51. The summed E-state index contributed by atoms with van der Waals surface area (Å²) in [6.07, 6.45) is 6.12. The fraction of sp³-hybridized carbons (Fsp3) is 0.562. The monoisotopic (exact) mass is 274 g/mol. The zero-order valence-corrected chi connectivity index (χ0v) is 12.0. The number of carbonyl (C=O) groups is 1. The zero-order chi connectivity index (χ0) is 13.9. The van der Waals surface area contributed by atoms with Gasteiger partial charge in [-0.3, -0.25) is 9.69 Å². The standard InChI is InChI=1S/C16H22N2O2/c1-20-14-8-6-12(7-9-14)17-16(19)15-10-11-18(15)13-4-2-3-5-13/h6-9,13,15H,2-5,10-11H2,1H3,(H,17,19). The number of anilines is 1. The lowest BCUT2D eigenvalue weighted by Crippen LogP contribution is -2.57. The quantitative estimate of drug-likeness (QED) is 0.917. The third kappa shape index (κ3) is 2.66. The van der Waals surface area contributed by atoms with Crippen LogP contribution in [-0.4, -0.2) is 36.5 Å². The predicted molar refractivity (Wildman–Crippen MR) is 79.0 cm³/mol. The maximum Gasteiger partial charge on any atom is 0.241 e. The number of ether oxygens (including phenoxy) is 1. The molecule has 4 nitrogen and oxygen atoms in total. The average Bonchev–Trinajstić information content (AvgIpc) is 2.92. The second-order valence-electron chi connectivity index (χ2n) is 5.70. The van der Waals surface area contributed by atoms with Gasteiger partial charge in [-0.05, 0) is 43.5 Å². The zero-order valence-electron chi connectivity index (χ0n) is 12.0. The fourth-order valence-electron chi connectivity index (χ4n) is 3.26. The van der Waals surface area contributed by atoms with Gasteiger partial charge in [0.05, 0.1) is 13.2 Å². The highest BCUT2D eigenvalue weighted by molar-refractivity contribution is 5.95. The molecule has 2 fully saturated rings. The molecule has 108 valence electrons. The summed E-state index contributed by atoms with van der Waals surface area (Å²) in [6, 6.07) is 8.21. The van der Waals surface area contributed by atoms with E-state index in [2.05, 4.69) is 10.2 Å².